The first-order valence-electron chi connectivity index (χ1n) is 6.40. The van der Waals surface area contributed by atoms with E-state index in [1.807, 2.05) is 0 Å². The smallest absolute Gasteiger partial charge is 0.325 e. The summed E-state index contributed by atoms with van der Waals surface area (Å²) in [6.07, 6.45) is 0. The molecule has 1 aromatic rings. The van der Waals surface area contributed by atoms with Gasteiger partial charge in [-0.15, -0.1) is 0 Å². The van der Waals surface area contributed by atoms with Gasteiger partial charge in [0.25, 0.3) is 0 Å². The van der Waals surface area contributed by atoms with E-state index in [9.17, 15) is 13.2 Å². The molecular weight excluding hydrogens is 282 g/mol. The molecule has 7 nitrogen and oxygen atoms in total. The Kier molecular flexibility index (Phi) is 4.93. The third-order valence-electron chi connectivity index (χ3n) is 3.05. The Morgan fingerprint density at radius 2 is 1.95 bits per heavy atom. The van der Waals surface area contributed by atoms with Gasteiger partial charge in [0.1, 0.15) is 11.4 Å². The van der Waals surface area contributed by atoms with Crippen molar-refractivity contribution in [1.82, 2.24) is 14.1 Å². The first kappa shape index (κ1) is 16.6. The van der Waals surface area contributed by atoms with Gasteiger partial charge < -0.3 is 5.11 Å². The molecule has 0 fully saturated rings. The normalized spacial score (nSPS) is 12.3. The Labute approximate surface area is 119 Å². The van der Waals surface area contributed by atoms with Crippen LogP contribution >= 0.6 is 0 Å². The van der Waals surface area contributed by atoms with Gasteiger partial charge in [-0.1, -0.05) is 6.92 Å². The van der Waals surface area contributed by atoms with Crippen LogP contribution < -0.4 is 0 Å². The van der Waals surface area contributed by atoms with E-state index in [-0.39, 0.29) is 17.5 Å². The van der Waals surface area contributed by atoms with Gasteiger partial charge >= 0.3 is 5.97 Å². The summed E-state index contributed by atoms with van der Waals surface area (Å²) in [5.41, 5.74) is 0.673. The molecule has 1 heterocycles. The molecule has 0 spiro atoms. The van der Waals surface area contributed by atoms with Gasteiger partial charge in [-0.05, 0) is 27.7 Å². The predicted octanol–water partition coefficient (Wildman–Crippen LogP) is 1.00. The summed E-state index contributed by atoms with van der Waals surface area (Å²) >= 11 is 0. The lowest BCUT2D eigenvalue weighted by atomic mass is 10.4. The lowest BCUT2D eigenvalue weighted by molar-refractivity contribution is -0.137. The third kappa shape index (κ3) is 3.01. The molecule has 0 aromatic carbocycles. The van der Waals surface area contributed by atoms with Crippen LogP contribution in [0.1, 0.15) is 32.2 Å². The highest BCUT2D eigenvalue weighted by atomic mass is 32.2. The van der Waals surface area contributed by atoms with Crippen molar-refractivity contribution in [3.63, 3.8) is 0 Å². The Hall–Kier alpha value is -1.41. The van der Waals surface area contributed by atoms with Crippen LogP contribution in [0.25, 0.3) is 0 Å². The van der Waals surface area contributed by atoms with Gasteiger partial charge in [-0.25, -0.2) is 8.42 Å². The molecule has 0 saturated heterocycles. The first-order valence-corrected chi connectivity index (χ1v) is 7.84. The Bertz CT molecular complexity index is 604. The Morgan fingerprint density at radius 3 is 2.35 bits per heavy atom. The second kappa shape index (κ2) is 5.92. The maximum absolute atomic E-state index is 12.7. The van der Waals surface area contributed by atoms with E-state index in [1.165, 1.54) is 8.99 Å². The van der Waals surface area contributed by atoms with Crippen LogP contribution in [0.2, 0.25) is 0 Å². The van der Waals surface area contributed by atoms with Gasteiger partial charge in [-0.2, -0.15) is 9.40 Å². The highest BCUT2D eigenvalue weighted by Gasteiger charge is 2.31. The summed E-state index contributed by atoms with van der Waals surface area (Å²) in [5, 5.41) is 12.8. The molecule has 1 N–H and O–H groups in total. The molecule has 0 aliphatic heterocycles. The van der Waals surface area contributed by atoms with Crippen LogP contribution in [0.5, 0.6) is 0 Å². The van der Waals surface area contributed by atoms with E-state index in [0.717, 1.165) is 0 Å². The van der Waals surface area contributed by atoms with Crippen molar-refractivity contribution < 1.29 is 18.3 Å². The minimum atomic E-state index is -3.67. The largest absolute Gasteiger partial charge is 0.480 e. The Balaban J connectivity index is 3.39. The van der Waals surface area contributed by atoms with E-state index >= 15 is 0 Å². The van der Waals surface area contributed by atoms with E-state index in [1.54, 1.807) is 34.6 Å². The van der Waals surface area contributed by atoms with Crippen molar-refractivity contribution in [3.8, 4) is 0 Å². The zero-order valence-corrected chi connectivity index (χ0v) is 13.2. The molecule has 1 aromatic heterocycles. The van der Waals surface area contributed by atoms with Crippen molar-refractivity contribution in [3.05, 3.63) is 11.4 Å². The molecule has 0 radical (unpaired) electrons. The van der Waals surface area contributed by atoms with E-state index < -0.39 is 16.0 Å². The van der Waals surface area contributed by atoms with Gasteiger partial charge in [0.15, 0.2) is 0 Å². The van der Waals surface area contributed by atoms with Crippen LogP contribution in [0.4, 0.5) is 0 Å². The first-order chi connectivity index (χ1) is 9.12. The maximum Gasteiger partial charge on any atom is 0.325 e. The van der Waals surface area contributed by atoms with Crippen molar-refractivity contribution in [2.75, 3.05) is 6.54 Å². The van der Waals surface area contributed by atoms with Crippen molar-refractivity contribution >= 4 is 16.0 Å². The molecule has 0 unspecified atom stereocenters. The second-order valence-electron chi connectivity index (χ2n) is 4.85. The minimum absolute atomic E-state index is 0.106. The van der Waals surface area contributed by atoms with Gasteiger partial charge in [0.05, 0.1) is 11.4 Å². The number of hydrogen-bond acceptors (Lipinski definition) is 4. The monoisotopic (exact) mass is 303 g/mol. The van der Waals surface area contributed by atoms with Gasteiger partial charge in [0.2, 0.25) is 10.0 Å². The SMILES string of the molecule is CCN(C(C)C)S(=O)(=O)c1c(C)nn(CC(=O)O)c1C. The van der Waals surface area contributed by atoms with Crippen LogP contribution in [0.15, 0.2) is 4.90 Å². The number of rotatable bonds is 6. The van der Waals surface area contributed by atoms with E-state index in [4.69, 9.17) is 5.11 Å². The predicted molar refractivity (Wildman–Crippen MR) is 74.0 cm³/mol. The molecule has 8 heteroatoms. The number of carboxylic acid groups (broad SMARTS) is 1. The highest BCUT2D eigenvalue weighted by Crippen LogP contribution is 2.24. The summed E-state index contributed by atoms with van der Waals surface area (Å²) in [4.78, 5) is 10.9. The molecule has 0 amide bonds. The van der Waals surface area contributed by atoms with Crippen LogP contribution in [-0.4, -0.2) is 46.2 Å². The molecule has 0 aliphatic rings. The molecule has 114 valence electrons. The quantitative estimate of drug-likeness (QED) is 0.846. The van der Waals surface area contributed by atoms with E-state index in [0.29, 0.717) is 17.9 Å². The average Bonchev–Trinajstić information content (AvgIpc) is 2.53. The fourth-order valence-corrected chi connectivity index (χ4v) is 4.29. The fraction of sp³-hybridized carbons (Fsp3) is 0.667. The Morgan fingerprint density at radius 1 is 1.40 bits per heavy atom. The number of aryl methyl sites for hydroxylation is 1. The topological polar surface area (TPSA) is 92.5 Å². The molecule has 0 bridgehead atoms. The molecule has 0 aliphatic carbocycles. The van der Waals surface area contributed by atoms with Crippen molar-refractivity contribution in [2.45, 2.75) is 52.1 Å². The van der Waals surface area contributed by atoms with Gasteiger partial charge in [0, 0.05) is 12.6 Å². The number of aromatic nitrogens is 2. The lowest BCUT2D eigenvalue weighted by Crippen LogP contribution is -2.37. The van der Waals surface area contributed by atoms with Crippen molar-refractivity contribution in [1.29, 1.82) is 0 Å². The molecule has 0 atom stereocenters. The minimum Gasteiger partial charge on any atom is -0.480 e. The summed E-state index contributed by atoms with van der Waals surface area (Å²) in [5.74, 6) is -1.06. The zero-order valence-electron chi connectivity index (χ0n) is 12.4. The van der Waals surface area contributed by atoms with Crippen LogP contribution in [0.3, 0.4) is 0 Å². The second-order valence-corrected chi connectivity index (χ2v) is 6.68. The third-order valence-corrected chi connectivity index (χ3v) is 5.46. The molecule has 1 rings (SSSR count). The average molecular weight is 303 g/mol. The molecular formula is C12H21N3O4S. The standard InChI is InChI=1S/C12H21N3O4S/c1-6-15(8(2)3)20(18,19)12-9(4)13-14(10(12)5)7-11(16)17/h8H,6-7H2,1-5H3,(H,16,17). The number of sulfonamides is 1. The fourth-order valence-electron chi connectivity index (χ4n) is 2.27. The summed E-state index contributed by atoms with van der Waals surface area (Å²) in [6.45, 7) is 8.51. The summed E-state index contributed by atoms with van der Waals surface area (Å²) < 4.78 is 27.9. The molecule has 0 saturated carbocycles. The number of aliphatic carboxylic acids is 1. The van der Waals surface area contributed by atoms with Crippen LogP contribution in [-0.2, 0) is 21.4 Å². The summed E-state index contributed by atoms with van der Waals surface area (Å²) in [7, 11) is -3.67. The number of nitrogens with zero attached hydrogens (tertiary/aromatic N) is 3. The van der Waals surface area contributed by atoms with Crippen molar-refractivity contribution in [2.24, 2.45) is 0 Å². The van der Waals surface area contributed by atoms with Gasteiger partial charge in [-0.3, -0.25) is 9.48 Å². The van der Waals surface area contributed by atoms with Crippen LogP contribution in [0, 0.1) is 13.8 Å². The number of hydrogen-bond donors (Lipinski definition) is 1. The number of carbonyl (C=O) groups is 1. The number of carboxylic acids is 1. The highest BCUT2D eigenvalue weighted by molar-refractivity contribution is 7.89. The van der Waals surface area contributed by atoms with E-state index in [2.05, 4.69) is 5.10 Å². The lowest BCUT2D eigenvalue weighted by Gasteiger charge is -2.24. The maximum atomic E-state index is 12.7. The molecule has 20 heavy (non-hydrogen) atoms. The summed E-state index contributed by atoms with van der Waals surface area (Å²) in [6, 6.07) is -0.174. The zero-order chi connectivity index (χ0) is 15.7.